The van der Waals surface area contributed by atoms with Crippen LogP contribution in [-0.4, -0.2) is 0 Å². The van der Waals surface area contributed by atoms with Crippen LogP contribution in [0.15, 0.2) is 176 Å². The van der Waals surface area contributed by atoms with Crippen LogP contribution in [0.25, 0.3) is 53.9 Å². The molecule has 0 aromatic heterocycles. The highest BCUT2D eigenvalue weighted by Gasteiger charge is 2.35. The summed E-state index contributed by atoms with van der Waals surface area (Å²) in [5.41, 5.74) is 9.86. The molecule has 1 aliphatic rings. The predicted octanol–water partition coefficient (Wildman–Crippen LogP) is 14.3. The molecule has 10 aromatic rings. The summed E-state index contributed by atoms with van der Waals surface area (Å²) in [6.45, 7) is 4.75. The summed E-state index contributed by atoms with van der Waals surface area (Å²) in [7, 11) is 0. The van der Waals surface area contributed by atoms with Crippen molar-refractivity contribution < 1.29 is 0 Å². The lowest BCUT2D eigenvalue weighted by molar-refractivity contribution is 0.663. The van der Waals surface area contributed by atoms with E-state index in [1.807, 2.05) is 30.3 Å². The predicted molar refractivity (Wildman–Crippen MR) is 231 cm³/mol. The molecule has 0 fully saturated rings. The average molecular weight is 702 g/mol. The Balaban J connectivity index is 1.17. The van der Waals surface area contributed by atoms with Gasteiger partial charge in [-0.05, 0) is 127 Å². The van der Waals surface area contributed by atoms with E-state index in [2.05, 4.69) is 175 Å². The molecule has 55 heavy (non-hydrogen) atoms. The van der Waals surface area contributed by atoms with Gasteiger partial charge in [0.15, 0.2) is 0 Å². The second kappa shape index (κ2) is 11.7. The lowest BCUT2D eigenvalue weighted by atomic mass is 9.81. The molecule has 3 heteroatoms. The zero-order valence-corrected chi connectivity index (χ0v) is 30.6. The van der Waals surface area contributed by atoms with Crippen LogP contribution in [0.1, 0.15) is 30.5 Å². The fourth-order valence-electron chi connectivity index (χ4n) is 9.37. The highest BCUT2D eigenvalue weighted by atomic mass is 15.1. The summed E-state index contributed by atoms with van der Waals surface area (Å²) < 4.78 is 0. The van der Waals surface area contributed by atoms with Crippen molar-refractivity contribution in [2.45, 2.75) is 19.3 Å². The minimum Gasteiger partial charge on any atom is -0.310 e. The number of benzene rings is 10. The van der Waals surface area contributed by atoms with E-state index >= 15 is 0 Å². The highest BCUT2D eigenvalue weighted by Crippen LogP contribution is 2.52. The fraction of sp³-hybridized carbons (Fsp3) is 0.0577. The van der Waals surface area contributed by atoms with E-state index in [1.165, 1.54) is 65.0 Å². The third-order valence-corrected chi connectivity index (χ3v) is 11.9. The number of nitrogens with zero attached hydrogens (tertiary/aromatic N) is 3. The van der Waals surface area contributed by atoms with Gasteiger partial charge in [-0.3, -0.25) is 0 Å². The Morgan fingerprint density at radius 2 is 0.891 bits per heavy atom. The average Bonchev–Trinajstić information content (AvgIpc) is 3.47. The maximum Gasteiger partial charge on any atom is 0.0991 e. The van der Waals surface area contributed by atoms with E-state index in [4.69, 9.17) is 0 Å². The van der Waals surface area contributed by atoms with E-state index in [9.17, 15) is 5.26 Å². The second-order valence-corrected chi connectivity index (χ2v) is 15.3. The lowest BCUT2D eigenvalue weighted by Gasteiger charge is -2.30. The molecule has 0 radical (unpaired) electrons. The molecule has 11 rings (SSSR count). The Labute approximate surface area is 319 Å². The molecule has 1 aliphatic carbocycles. The molecule has 258 valence electrons. The van der Waals surface area contributed by atoms with Crippen molar-refractivity contribution in [1.82, 2.24) is 0 Å². The summed E-state index contributed by atoms with van der Waals surface area (Å²) >= 11 is 0. The van der Waals surface area contributed by atoms with Gasteiger partial charge in [0.05, 0.1) is 23.0 Å². The number of hydrogen-bond acceptors (Lipinski definition) is 3. The van der Waals surface area contributed by atoms with Gasteiger partial charge >= 0.3 is 0 Å². The van der Waals surface area contributed by atoms with Crippen LogP contribution in [0.3, 0.4) is 0 Å². The summed E-state index contributed by atoms with van der Waals surface area (Å²) in [4.78, 5) is 4.76. The summed E-state index contributed by atoms with van der Waals surface area (Å²) in [5, 5.41) is 22.2. The van der Waals surface area contributed by atoms with E-state index in [1.54, 1.807) is 0 Å². The molecule has 0 aliphatic heterocycles. The summed E-state index contributed by atoms with van der Waals surface area (Å²) in [6, 6.07) is 65.8. The molecule has 0 amide bonds. The molecule has 0 saturated heterocycles. The Morgan fingerprint density at radius 1 is 0.400 bits per heavy atom. The molecular formula is C52H35N3. The van der Waals surface area contributed by atoms with Crippen LogP contribution in [0, 0.1) is 11.3 Å². The second-order valence-electron chi connectivity index (χ2n) is 15.3. The Kier molecular flexibility index (Phi) is 6.66. The van der Waals surface area contributed by atoms with Gasteiger partial charge in [-0.2, -0.15) is 5.26 Å². The molecule has 10 aromatic carbocycles. The van der Waals surface area contributed by atoms with Crippen molar-refractivity contribution in [1.29, 1.82) is 5.26 Å². The molecule has 0 atom stereocenters. The first-order valence-electron chi connectivity index (χ1n) is 18.9. The van der Waals surface area contributed by atoms with Gasteiger partial charge in [-0.25, -0.2) is 0 Å². The quantitative estimate of drug-likeness (QED) is 0.162. The van der Waals surface area contributed by atoms with Crippen molar-refractivity contribution in [3.05, 3.63) is 193 Å². The Morgan fingerprint density at radius 3 is 1.49 bits per heavy atom. The minimum absolute atomic E-state index is 0.127. The largest absolute Gasteiger partial charge is 0.310 e. The topological polar surface area (TPSA) is 30.3 Å². The molecule has 0 unspecified atom stereocenters. The molecule has 3 nitrogen and oxygen atoms in total. The van der Waals surface area contributed by atoms with E-state index < -0.39 is 0 Å². The van der Waals surface area contributed by atoms with Crippen LogP contribution in [-0.2, 0) is 5.41 Å². The van der Waals surface area contributed by atoms with Gasteiger partial charge in [0, 0.05) is 38.9 Å². The Bertz CT molecular complexity index is 3180. The zero-order valence-electron chi connectivity index (χ0n) is 30.6. The van der Waals surface area contributed by atoms with Crippen molar-refractivity contribution in [2.24, 2.45) is 0 Å². The number of hydrogen-bond donors (Lipinski definition) is 0. The van der Waals surface area contributed by atoms with Crippen LogP contribution in [0.5, 0.6) is 0 Å². The van der Waals surface area contributed by atoms with Crippen LogP contribution >= 0.6 is 0 Å². The third kappa shape index (κ3) is 4.55. The van der Waals surface area contributed by atoms with Gasteiger partial charge in [0.1, 0.15) is 0 Å². The monoisotopic (exact) mass is 701 g/mol. The lowest BCUT2D eigenvalue weighted by Crippen LogP contribution is -2.17. The van der Waals surface area contributed by atoms with Gasteiger partial charge in [-0.15, -0.1) is 0 Å². The van der Waals surface area contributed by atoms with Crippen molar-refractivity contribution in [3.8, 4) is 6.07 Å². The van der Waals surface area contributed by atoms with E-state index in [0.717, 1.165) is 34.1 Å². The van der Waals surface area contributed by atoms with Crippen LogP contribution in [0.4, 0.5) is 34.1 Å². The SMILES string of the molecule is CC1(C)c2cccc3ccc4cc(N(c5ccccc5)c5ccc6ccc7c(N(c8ccccc8)c8ccc(C#N)cc8)ccc8ccc5c6c87)cc1c4c23. The molecule has 0 bridgehead atoms. The maximum atomic E-state index is 9.57. The van der Waals surface area contributed by atoms with E-state index in [0.29, 0.717) is 5.56 Å². The standard InChI is InChI=1S/C52H35N3/c1-52(2)44-15-9-10-34-18-19-37-30-41(31-45(52)51(37)50(34)44)55(39-13-7-4-8-14-39)47-29-23-36-20-26-42-46(28-22-35-21-27-43(47)49(36)48(35)42)54(38-11-5-3-6-12-38)40-24-16-33(32-53)17-25-40/h3-31H,1-2H3. The Hall–Kier alpha value is -7.15. The number of para-hydroxylation sites is 2. The molecule has 0 N–H and O–H groups in total. The zero-order chi connectivity index (χ0) is 36.8. The molecular weight excluding hydrogens is 667 g/mol. The number of rotatable bonds is 6. The minimum atomic E-state index is -0.127. The molecule has 0 saturated carbocycles. The van der Waals surface area contributed by atoms with Gasteiger partial charge in [0.2, 0.25) is 0 Å². The van der Waals surface area contributed by atoms with Crippen LogP contribution in [0.2, 0.25) is 0 Å². The first-order chi connectivity index (χ1) is 27.0. The van der Waals surface area contributed by atoms with Gasteiger partial charge in [0.25, 0.3) is 0 Å². The van der Waals surface area contributed by atoms with Crippen LogP contribution < -0.4 is 9.80 Å². The fourth-order valence-corrected chi connectivity index (χ4v) is 9.37. The normalized spacial score (nSPS) is 13.0. The van der Waals surface area contributed by atoms with Crippen molar-refractivity contribution in [2.75, 3.05) is 9.80 Å². The summed E-state index contributed by atoms with van der Waals surface area (Å²) in [5.74, 6) is 0. The number of nitriles is 1. The van der Waals surface area contributed by atoms with Crippen molar-refractivity contribution in [3.63, 3.8) is 0 Å². The summed E-state index contributed by atoms with van der Waals surface area (Å²) in [6.07, 6.45) is 0. The molecule has 0 spiro atoms. The molecule has 0 heterocycles. The first kappa shape index (κ1) is 31.4. The van der Waals surface area contributed by atoms with Gasteiger partial charge < -0.3 is 9.80 Å². The van der Waals surface area contributed by atoms with E-state index in [-0.39, 0.29) is 5.41 Å². The maximum absolute atomic E-state index is 9.57. The smallest absolute Gasteiger partial charge is 0.0991 e. The highest BCUT2D eigenvalue weighted by molar-refractivity contribution is 6.28. The van der Waals surface area contributed by atoms with Crippen molar-refractivity contribution >= 4 is 88.0 Å². The third-order valence-electron chi connectivity index (χ3n) is 11.9. The van der Waals surface area contributed by atoms with Gasteiger partial charge in [-0.1, -0.05) is 117 Å². The number of anilines is 6. The first-order valence-corrected chi connectivity index (χ1v) is 18.9.